The van der Waals surface area contributed by atoms with Crippen molar-refractivity contribution in [1.29, 1.82) is 0 Å². The summed E-state index contributed by atoms with van der Waals surface area (Å²) in [5.74, 6) is 1.50. The van der Waals surface area contributed by atoms with Crippen molar-refractivity contribution in [3.05, 3.63) is 52.8 Å². The van der Waals surface area contributed by atoms with Crippen LogP contribution in [0, 0.1) is 0 Å². The van der Waals surface area contributed by atoms with Crippen molar-refractivity contribution in [3.8, 4) is 11.5 Å². The minimum Gasteiger partial charge on any atom is -0.501 e. The highest BCUT2D eigenvalue weighted by Crippen LogP contribution is 2.37. The molecule has 3 rings (SSSR count). The molecule has 0 saturated carbocycles. The maximum absolute atomic E-state index is 12.8. The number of hydrogen-bond donors (Lipinski definition) is 0. The molecule has 208 valence electrons. The van der Waals surface area contributed by atoms with Gasteiger partial charge in [0.15, 0.2) is 0 Å². The van der Waals surface area contributed by atoms with E-state index in [0.29, 0.717) is 48.6 Å². The lowest BCUT2D eigenvalue weighted by atomic mass is 9.92. The molecule has 38 heavy (non-hydrogen) atoms. The Balaban J connectivity index is 1.91. The Labute approximate surface area is 225 Å². The van der Waals surface area contributed by atoms with E-state index in [2.05, 4.69) is 0 Å². The molecule has 1 heterocycles. The Morgan fingerprint density at radius 2 is 1.82 bits per heavy atom. The molecular weight excluding hydrogens is 490 g/mol. The van der Waals surface area contributed by atoms with E-state index in [4.69, 9.17) is 28.4 Å². The van der Waals surface area contributed by atoms with Gasteiger partial charge in [0.05, 0.1) is 44.8 Å². The first-order valence-electron chi connectivity index (χ1n) is 12.5. The van der Waals surface area contributed by atoms with Gasteiger partial charge in [-0.2, -0.15) is 0 Å². The number of benzene rings is 1. The fourth-order valence-electron chi connectivity index (χ4n) is 4.47. The van der Waals surface area contributed by atoms with E-state index in [-0.39, 0.29) is 6.54 Å². The number of nitrogens with zero attached hydrogens (tertiary/aromatic N) is 1. The molecule has 2 aliphatic rings. The summed E-state index contributed by atoms with van der Waals surface area (Å²) in [5.41, 5.74) is 1.63. The summed E-state index contributed by atoms with van der Waals surface area (Å²) in [6, 6.07) is 5.47. The van der Waals surface area contributed by atoms with Crippen LogP contribution in [-0.2, 0) is 23.7 Å². The van der Waals surface area contributed by atoms with Crippen LogP contribution < -0.4 is 9.47 Å². The van der Waals surface area contributed by atoms with E-state index >= 15 is 0 Å². The van der Waals surface area contributed by atoms with Crippen molar-refractivity contribution >= 4 is 17.6 Å². The summed E-state index contributed by atoms with van der Waals surface area (Å²) in [6.45, 7) is 8.15. The number of amides is 1. The van der Waals surface area contributed by atoms with E-state index < -0.39 is 23.3 Å². The first kappa shape index (κ1) is 29.1. The van der Waals surface area contributed by atoms with Crippen LogP contribution in [0.15, 0.2) is 47.3 Å². The number of carbonyl (C=O) groups is 2. The van der Waals surface area contributed by atoms with E-state index in [0.717, 1.165) is 16.9 Å². The molecule has 0 aromatic heterocycles. The van der Waals surface area contributed by atoms with Gasteiger partial charge in [-0.05, 0) is 75.6 Å². The Bertz CT molecular complexity index is 1140. The molecule has 9 heteroatoms. The van der Waals surface area contributed by atoms with E-state index in [1.165, 1.54) is 12.0 Å². The lowest BCUT2D eigenvalue weighted by Gasteiger charge is -2.32. The van der Waals surface area contributed by atoms with E-state index in [9.17, 15) is 9.59 Å². The Morgan fingerprint density at radius 1 is 1.08 bits per heavy atom. The summed E-state index contributed by atoms with van der Waals surface area (Å²) >= 11 is 0. The molecule has 1 amide bonds. The predicted molar refractivity (Wildman–Crippen MR) is 143 cm³/mol. The molecule has 1 atom stereocenters. The van der Waals surface area contributed by atoms with E-state index in [1.54, 1.807) is 48.2 Å². The minimum absolute atomic E-state index is 0.0677. The van der Waals surface area contributed by atoms with Crippen LogP contribution in [0.3, 0.4) is 0 Å². The third kappa shape index (κ3) is 7.10. The van der Waals surface area contributed by atoms with Crippen molar-refractivity contribution in [2.45, 2.75) is 51.7 Å². The summed E-state index contributed by atoms with van der Waals surface area (Å²) < 4.78 is 33.5. The number of ether oxygens (including phenoxy) is 6. The van der Waals surface area contributed by atoms with Gasteiger partial charge in [-0.3, -0.25) is 0 Å². The molecule has 0 bridgehead atoms. The minimum atomic E-state index is -0.644. The molecule has 1 aliphatic carbocycles. The van der Waals surface area contributed by atoms with Crippen molar-refractivity contribution in [2.24, 2.45) is 0 Å². The molecule has 1 aliphatic heterocycles. The number of hydrogen-bond acceptors (Lipinski definition) is 8. The molecule has 0 fully saturated rings. The summed E-state index contributed by atoms with van der Waals surface area (Å²) in [6.07, 6.45) is 4.57. The number of carbonyl (C=O) groups excluding carboxylic acids is 2. The van der Waals surface area contributed by atoms with Crippen LogP contribution in [-0.4, -0.2) is 76.3 Å². The van der Waals surface area contributed by atoms with Crippen LogP contribution >= 0.6 is 0 Å². The molecule has 0 spiro atoms. The number of methoxy groups -OCH3 is 4. The first-order valence-corrected chi connectivity index (χ1v) is 12.5. The summed E-state index contributed by atoms with van der Waals surface area (Å²) in [4.78, 5) is 27.0. The fourth-order valence-corrected chi connectivity index (χ4v) is 4.47. The van der Waals surface area contributed by atoms with Gasteiger partial charge in [0.1, 0.15) is 23.7 Å². The number of esters is 1. The molecule has 0 radical (unpaired) electrons. The third-order valence-electron chi connectivity index (χ3n) is 6.42. The van der Waals surface area contributed by atoms with Crippen LogP contribution in [0.5, 0.6) is 11.5 Å². The average molecular weight is 530 g/mol. The van der Waals surface area contributed by atoms with Gasteiger partial charge in [0.25, 0.3) is 0 Å². The van der Waals surface area contributed by atoms with Crippen molar-refractivity contribution < 1.29 is 38.0 Å². The van der Waals surface area contributed by atoms with Gasteiger partial charge < -0.3 is 33.3 Å². The molecule has 0 saturated heterocycles. The zero-order valence-corrected chi connectivity index (χ0v) is 23.6. The second-order valence-corrected chi connectivity index (χ2v) is 10.5. The summed E-state index contributed by atoms with van der Waals surface area (Å²) in [7, 11) is 6.21. The van der Waals surface area contributed by atoms with Crippen LogP contribution in [0.2, 0.25) is 0 Å². The maximum atomic E-state index is 12.8. The SMILES string of the molecule is COC(=O)C1=C(c2cc(OCC3=CC(C)(OC)CC(OC)=C3)ccc2OC)CCN(C(=O)OC(C)(C)C)C1. The second-order valence-electron chi connectivity index (χ2n) is 10.5. The Morgan fingerprint density at radius 3 is 2.42 bits per heavy atom. The van der Waals surface area contributed by atoms with Gasteiger partial charge in [-0.1, -0.05) is 0 Å². The van der Waals surface area contributed by atoms with E-state index in [1.807, 2.05) is 31.2 Å². The highest BCUT2D eigenvalue weighted by Gasteiger charge is 2.32. The molecule has 0 N–H and O–H groups in total. The first-order chi connectivity index (χ1) is 17.9. The standard InChI is InChI=1S/C29H39NO8/c1-28(2,3)38-27(32)30-12-11-22(24(17-30)26(31)35-7)23-14-20(9-10-25(23)34-6)37-18-19-13-21(33-5)16-29(4,15-19)36-8/h9-10,13-15H,11-12,16-18H2,1-8H3. The fraction of sp³-hybridized carbons (Fsp3) is 0.517. The smallest absolute Gasteiger partial charge is 0.410 e. The molecule has 9 nitrogen and oxygen atoms in total. The summed E-state index contributed by atoms with van der Waals surface area (Å²) in [5, 5.41) is 0. The maximum Gasteiger partial charge on any atom is 0.410 e. The van der Waals surface area contributed by atoms with Crippen molar-refractivity contribution in [1.82, 2.24) is 4.90 Å². The topological polar surface area (TPSA) is 92.8 Å². The van der Waals surface area contributed by atoms with Crippen molar-refractivity contribution in [3.63, 3.8) is 0 Å². The molecule has 1 aromatic rings. The highest BCUT2D eigenvalue weighted by atomic mass is 16.6. The zero-order chi connectivity index (χ0) is 28.1. The highest BCUT2D eigenvalue weighted by molar-refractivity contribution is 6.00. The molecular formula is C29H39NO8. The van der Waals surface area contributed by atoms with Gasteiger partial charge in [0.2, 0.25) is 0 Å². The third-order valence-corrected chi connectivity index (χ3v) is 6.42. The van der Waals surface area contributed by atoms with Crippen LogP contribution in [0.25, 0.3) is 5.57 Å². The van der Waals surface area contributed by atoms with Crippen LogP contribution in [0.4, 0.5) is 4.79 Å². The largest absolute Gasteiger partial charge is 0.501 e. The monoisotopic (exact) mass is 529 g/mol. The lowest BCUT2D eigenvalue weighted by molar-refractivity contribution is -0.136. The van der Waals surface area contributed by atoms with Gasteiger partial charge >= 0.3 is 12.1 Å². The number of rotatable bonds is 8. The van der Waals surface area contributed by atoms with Gasteiger partial charge in [0, 0.05) is 25.6 Å². The zero-order valence-electron chi connectivity index (χ0n) is 23.6. The average Bonchev–Trinajstić information content (AvgIpc) is 2.89. The Hall–Kier alpha value is -3.46. The second kappa shape index (κ2) is 11.9. The predicted octanol–water partition coefficient (Wildman–Crippen LogP) is 4.91. The lowest BCUT2D eigenvalue weighted by Crippen LogP contribution is -2.42. The van der Waals surface area contributed by atoms with Gasteiger partial charge in [-0.15, -0.1) is 0 Å². The molecule has 1 unspecified atom stereocenters. The normalized spacial score (nSPS) is 19.8. The van der Waals surface area contributed by atoms with Gasteiger partial charge in [-0.25, -0.2) is 9.59 Å². The quantitative estimate of drug-likeness (QED) is 0.439. The molecule has 1 aromatic carbocycles. The van der Waals surface area contributed by atoms with Crippen LogP contribution in [0.1, 0.15) is 46.1 Å². The Kier molecular flexibility index (Phi) is 9.14. The van der Waals surface area contributed by atoms with Crippen molar-refractivity contribution in [2.75, 3.05) is 48.1 Å².